The van der Waals surface area contributed by atoms with Crippen LogP contribution < -0.4 is 10.3 Å². The lowest BCUT2D eigenvalue weighted by molar-refractivity contribution is -0.120. The zero-order valence-corrected chi connectivity index (χ0v) is 12.8. The smallest absolute Gasteiger partial charge is 0.257 e. The highest BCUT2D eigenvalue weighted by molar-refractivity contribution is 7.89. The average Bonchev–Trinajstić information content (AvgIpc) is 2.48. The minimum Gasteiger partial charge on any atom is -0.277 e. The standard InChI is InChI=1S/C14H12ClFN2O3S/c15-11-3-7-13(8-4-11)22(20,21)18-17-14(19)9-10-1-5-12(16)6-2-10/h1-8,18H,9H2,(H,17,19). The van der Waals surface area contributed by atoms with Gasteiger partial charge in [0.1, 0.15) is 5.82 Å². The molecule has 0 spiro atoms. The van der Waals surface area contributed by atoms with E-state index in [2.05, 4.69) is 5.43 Å². The van der Waals surface area contributed by atoms with Crippen molar-refractivity contribution < 1.29 is 17.6 Å². The number of hydrazine groups is 1. The summed E-state index contributed by atoms with van der Waals surface area (Å²) < 4.78 is 36.6. The number of nitrogens with one attached hydrogen (secondary N) is 2. The van der Waals surface area contributed by atoms with E-state index >= 15 is 0 Å². The van der Waals surface area contributed by atoms with Gasteiger partial charge in [0.2, 0.25) is 5.91 Å². The summed E-state index contributed by atoms with van der Waals surface area (Å²) >= 11 is 5.68. The summed E-state index contributed by atoms with van der Waals surface area (Å²) in [7, 11) is -3.87. The van der Waals surface area contributed by atoms with Crippen LogP contribution in [0, 0.1) is 5.82 Å². The number of hydrogen-bond acceptors (Lipinski definition) is 3. The molecular formula is C14H12ClFN2O3S. The third kappa shape index (κ3) is 4.52. The zero-order valence-electron chi connectivity index (χ0n) is 11.2. The summed E-state index contributed by atoms with van der Waals surface area (Å²) in [5.74, 6) is -0.975. The monoisotopic (exact) mass is 342 g/mol. The quantitative estimate of drug-likeness (QED) is 0.816. The summed E-state index contributed by atoms with van der Waals surface area (Å²) in [5, 5.41) is 0.402. The fourth-order valence-electron chi connectivity index (χ4n) is 1.63. The van der Waals surface area contributed by atoms with Crippen LogP contribution in [0.1, 0.15) is 5.56 Å². The molecule has 0 atom stereocenters. The number of carbonyl (C=O) groups is 1. The molecule has 0 radical (unpaired) electrons. The molecule has 0 bridgehead atoms. The van der Waals surface area contributed by atoms with E-state index in [0.29, 0.717) is 10.6 Å². The Morgan fingerprint density at radius 2 is 1.64 bits per heavy atom. The van der Waals surface area contributed by atoms with E-state index in [9.17, 15) is 17.6 Å². The molecule has 2 aromatic carbocycles. The average molecular weight is 343 g/mol. The third-order valence-corrected chi connectivity index (χ3v) is 4.24. The number of carbonyl (C=O) groups excluding carboxylic acids is 1. The van der Waals surface area contributed by atoms with Gasteiger partial charge in [0.05, 0.1) is 11.3 Å². The maximum Gasteiger partial charge on any atom is 0.257 e. The molecule has 0 unspecified atom stereocenters. The lowest BCUT2D eigenvalue weighted by atomic mass is 10.1. The molecule has 0 aliphatic rings. The van der Waals surface area contributed by atoms with Crippen molar-refractivity contribution in [2.24, 2.45) is 0 Å². The third-order valence-electron chi connectivity index (χ3n) is 2.73. The van der Waals surface area contributed by atoms with Gasteiger partial charge in [-0.05, 0) is 42.0 Å². The Hall–Kier alpha value is -1.96. The van der Waals surface area contributed by atoms with Crippen LogP contribution in [0.4, 0.5) is 4.39 Å². The van der Waals surface area contributed by atoms with Crippen LogP contribution in [-0.2, 0) is 21.2 Å². The highest BCUT2D eigenvalue weighted by Gasteiger charge is 2.15. The van der Waals surface area contributed by atoms with Crippen LogP contribution in [0.15, 0.2) is 53.4 Å². The first-order valence-corrected chi connectivity index (χ1v) is 8.03. The fraction of sp³-hybridized carbons (Fsp3) is 0.0714. The number of hydrogen-bond donors (Lipinski definition) is 2. The SMILES string of the molecule is O=C(Cc1ccc(F)cc1)NNS(=O)(=O)c1ccc(Cl)cc1. The van der Waals surface area contributed by atoms with Gasteiger partial charge in [-0.2, -0.15) is 0 Å². The molecule has 0 fully saturated rings. The summed E-state index contributed by atoms with van der Waals surface area (Å²) in [6, 6.07) is 10.8. The zero-order chi connectivity index (χ0) is 16.2. The number of amides is 1. The summed E-state index contributed by atoms with van der Waals surface area (Å²) in [5.41, 5.74) is 2.66. The molecule has 0 aliphatic carbocycles. The lowest BCUT2D eigenvalue weighted by Crippen LogP contribution is -2.42. The Kier molecular flexibility index (Phi) is 5.12. The first-order valence-electron chi connectivity index (χ1n) is 6.17. The molecule has 0 heterocycles. The number of rotatable bonds is 5. The molecule has 0 saturated carbocycles. The summed E-state index contributed by atoms with van der Waals surface area (Å²) in [6.45, 7) is 0. The van der Waals surface area contributed by atoms with Crippen molar-refractivity contribution in [2.75, 3.05) is 0 Å². The number of halogens is 2. The van der Waals surface area contributed by atoms with Crippen molar-refractivity contribution in [3.63, 3.8) is 0 Å². The largest absolute Gasteiger partial charge is 0.277 e. The predicted molar refractivity (Wildman–Crippen MR) is 80.0 cm³/mol. The van der Waals surface area contributed by atoms with Gasteiger partial charge in [0.15, 0.2) is 0 Å². The normalized spacial score (nSPS) is 11.2. The predicted octanol–water partition coefficient (Wildman–Crippen LogP) is 2.03. The van der Waals surface area contributed by atoms with Crippen molar-refractivity contribution in [1.82, 2.24) is 10.3 Å². The van der Waals surface area contributed by atoms with Crippen LogP contribution in [-0.4, -0.2) is 14.3 Å². The molecule has 0 aromatic heterocycles. The topological polar surface area (TPSA) is 75.3 Å². The van der Waals surface area contributed by atoms with Gasteiger partial charge in [-0.1, -0.05) is 23.7 Å². The lowest BCUT2D eigenvalue weighted by Gasteiger charge is -2.08. The first kappa shape index (κ1) is 16.4. The van der Waals surface area contributed by atoms with Gasteiger partial charge >= 0.3 is 0 Å². The second-order valence-corrected chi connectivity index (χ2v) is 6.53. The summed E-state index contributed by atoms with van der Waals surface area (Å²) in [4.78, 5) is 13.6. The van der Waals surface area contributed by atoms with E-state index in [1.54, 1.807) is 0 Å². The molecule has 5 nitrogen and oxygen atoms in total. The van der Waals surface area contributed by atoms with Crippen LogP contribution in [0.3, 0.4) is 0 Å². The molecular weight excluding hydrogens is 331 g/mol. The molecule has 2 aromatic rings. The number of sulfonamides is 1. The van der Waals surface area contributed by atoms with Crippen LogP contribution in [0.5, 0.6) is 0 Å². The van der Waals surface area contributed by atoms with Gasteiger partial charge in [0.25, 0.3) is 10.0 Å². The van der Waals surface area contributed by atoms with E-state index < -0.39 is 21.7 Å². The first-order chi connectivity index (χ1) is 10.4. The van der Waals surface area contributed by atoms with Crippen LogP contribution in [0.25, 0.3) is 0 Å². The minimum atomic E-state index is -3.87. The van der Waals surface area contributed by atoms with Gasteiger partial charge in [-0.25, -0.2) is 12.8 Å². The van der Waals surface area contributed by atoms with E-state index in [-0.39, 0.29) is 11.3 Å². The van der Waals surface area contributed by atoms with Crippen molar-refractivity contribution in [2.45, 2.75) is 11.3 Å². The Labute approximate surface area is 132 Å². The highest BCUT2D eigenvalue weighted by Crippen LogP contribution is 2.13. The van der Waals surface area contributed by atoms with E-state index in [4.69, 9.17) is 11.6 Å². The molecule has 22 heavy (non-hydrogen) atoms. The van der Waals surface area contributed by atoms with E-state index in [0.717, 1.165) is 0 Å². The van der Waals surface area contributed by atoms with Crippen molar-refractivity contribution in [3.8, 4) is 0 Å². The molecule has 2 N–H and O–H groups in total. The molecule has 0 saturated heterocycles. The Morgan fingerprint density at radius 3 is 2.23 bits per heavy atom. The Bertz CT molecular complexity index is 762. The molecule has 1 amide bonds. The van der Waals surface area contributed by atoms with Crippen LogP contribution in [0.2, 0.25) is 5.02 Å². The molecule has 2 rings (SSSR count). The molecule has 8 heteroatoms. The minimum absolute atomic E-state index is 0.0287. The van der Waals surface area contributed by atoms with E-state index in [1.165, 1.54) is 48.5 Å². The fourth-order valence-corrected chi connectivity index (χ4v) is 2.62. The van der Waals surface area contributed by atoms with Crippen molar-refractivity contribution in [3.05, 3.63) is 64.9 Å². The van der Waals surface area contributed by atoms with Gasteiger partial charge in [0, 0.05) is 5.02 Å². The Balaban J connectivity index is 1.95. The maximum absolute atomic E-state index is 12.7. The number of benzene rings is 2. The second-order valence-electron chi connectivity index (χ2n) is 4.41. The van der Waals surface area contributed by atoms with Gasteiger partial charge in [-0.3, -0.25) is 10.2 Å². The van der Waals surface area contributed by atoms with Gasteiger partial charge < -0.3 is 0 Å². The van der Waals surface area contributed by atoms with Gasteiger partial charge in [-0.15, -0.1) is 4.83 Å². The Morgan fingerprint density at radius 1 is 1.05 bits per heavy atom. The second kappa shape index (κ2) is 6.87. The van der Waals surface area contributed by atoms with Crippen molar-refractivity contribution in [1.29, 1.82) is 0 Å². The highest BCUT2D eigenvalue weighted by atomic mass is 35.5. The van der Waals surface area contributed by atoms with Crippen molar-refractivity contribution >= 4 is 27.5 Å². The van der Waals surface area contributed by atoms with Crippen LogP contribution >= 0.6 is 11.6 Å². The maximum atomic E-state index is 12.7. The molecule has 116 valence electrons. The van der Waals surface area contributed by atoms with E-state index in [1.807, 2.05) is 4.83 Å². The molecule has 0 aliphatic heterocycles. The summed E-state index contributed by atoms with van der Waals surface area (Å²) in [6.07, 6.45) is -0.0799.